The average Bonchev–Trinajstić information content (AvgIpc) is 2.72. The summed E-state index contributed by atoms with van der Waals surface area (Å²) in [5.41, 5.74) is 8.50. The normalized spacial score (nSPS) is 14.7. The minimum atomic E-state index is -0.235. The molecular formula is C24H33N3O2. The lowest BCUT2D eigenvalue weighted by Crippen LogP contribution is -2.48. The Kier molecular flexibility index (Phi) is 9.41. The minimum Gasteiger partial charge on any atom is -0.507 e. The van der Waals surface area contributed by atoms with E-state index in [0.717, 1.165) is 56.7 Å². The van der Waals surface area contributed by atoms with E-state index < -0.39 is 0 Å². The largest absolute Gasteiger partial charge is 0.507 e. The van der Waals surface area contributed by atoms with Gasteiger partial charge in [-0.15, -0.1) is 6.58 Å². The van der Waals surface area contributed by atoms with Crippen molar-refractivity contribution in [3.63, 3.8) is 0 Å². The zero-order chi connectivity index (χ0) is 21.1. The van der Waals surface area contributed by atoms with Crippen LogP contribution >= 0.6 is 0 Å². The van der Waals surface area contributed by atoms with E-state index >= 15 is 0 Å². The third kappa shape index (κ3) is 7.72. The van der Waals surface area contributed by atoms with E-state index in [1.54, 1.807) is 6.08 Å². The van der Waals surface area contributed by atoms with Crippen molar-refractivity contribution >= 4 is 5.91 Å². The Morgan fingerprint density at radius 1 is 1.03 bits per heavy atom. The predicted molar refractivity (Wildman–Crippen MR) is 119 cm³/mol. The standard InChI is InChI=1S/C13H19N3O.C11H14O/c14-13(17)11-16-8-6-15(7-9-16)10-12-4-2-1-3-5-12;1-3-6-10-8-5-7-9(4-2)11(10)12/h1-5H,6-11H2,(H2,14,17);3,5,7-8,12H,1,4,6H2,2H3. The van der Waals surface area contributed by atoms with Crippen molar-refractivity contribution in [3.8, 4) is 5.75 Å². The van der Waals surface area contributed by atoms with Crippen molar-refractivity contribution < 1.29 is 9.90 Å². The van der Waals surface area contributed by atoms with Crippen LogP contribution in [0.15, 0.2) is 61.2 Å². The van der Waals surface area contributed by atoms with Gasteiger partial charge in [0.2, 0.25) is 5.91 Å². The van der Waals surface area contributed by atoms with Crippen molar-refractivity contribution in [2.24, 2.45) is 5.73 Å². The van der Waals surface area contributed by atoms with Gasteiger partial charge in [-0.05, 0) is 29.5 Å². The molecule has 1 aliphatic heterocycles. The van der Waals surface area contributed by atoms with Crippen LogP contribution in [-0.2, 0) is 24.2 Å². The average molecular weight is 396 g/mol. The van der Waals surface area contributed by atoms with E-state index in [1.807, 2.05) is 31.2 Å². The highest BCUT2D eigenvalue weighted by atomic mass is 16.3. The minimum absolute atomic E-state index is 0.235. The maximum absolute atomic E-state index is 10.8. The molecule has 2 aromatic rings. The van der Waals surface area contributed by atoms with Crippen molar-refractivity contribution in [2.75, 3.05) is 32.7 Å². The highest BCUT2D eigenvalue weighted by Gasteiger charge is 2.17. The number of phenols is 1. The number of aryl methyl sites for hydroxylation is 1. The van der Waals surface area contributed by atoms with Crippen LogP contribution in [0.4, 0.5) is 0 Å². The molecule has 0 aromatic heterocycles. The van der Waals surface area contributed by atoms with Crippen molar-refractivity contribution in [2.45, 2.75) is 26.3 Å². The molecule has 3 rings (SSSR count). The molecule has 0 unspecified atom stereocenters. The Balaban J connectivity index is 0.000000221. The number of nitrogens with zero attached hydrogens (tertiary/aromatic N) is 2. The van der Waals surface area contributed by atoms with Gasteiger partial charge < -0.3 is 10.8 Å². The lowest BCUT2D eigenvalue weighted by Gasteiger charge is -2.33. The number of primary amides is 1. The monoisotopic (exact) mass is 395 g/mol. The van der Waals surface area contributed by atoms with Gasteiger partial charge in [-0.1, -0.05) is 61.5 Å². The van der Waals surface area contributed by atoms with E-state index in [9.17, 15) is 9.90 Å². The summed E-state index contributed by atoms with van der Waals surface area (Å²) in [5, 5.41) is 9.67. The fourth-order valence-electron chi connectivity index (χ4n) is 3.42. The second kappa shape index (κ2) is 12.0. The zero-order valence-electron chi connectivity index (χ0n) is 17.4. The summed E-state index contributed by atoms with van der Waals surface area (Å²) in [6, 6.07) is 16.3. The topological polar surface area (TPSA) is 69.8 Å². The molecule has 0 aliphatic carbocycles. The summed E-state index contributed by atoms with van der Waals surface area (Å²) in [6.45, 7) is 10.9. The zero-order valence-corrected chi connectivity index (χ0v) is 17.4. The number of allylic oxidation sites excluding steroid dienone is 1. The number of hydrogen-bond donors (Lipinski definition) is 2. The Labute approximate surface area is 174 Å². The molecule has 1 aliphatic rings. The number of rotatable bonds is 7. The second-order valence-corrected chi connectivity index (χ2v) is 7.28. The molecule has 1 fully saturated rings. The van der Waals surface area contributed by atoms with Crippen molar-refractivity contribution in [3.05, 3.63) is 77.9 Å². The molecule has 3 N–H and O–H groups in total. The highest BCUT2D eigenvalue weighted by Crippen LogP contribution is 2.23. The number of para-hydroxylation sites is 1. The van der Waals surface area contributed by atoms with Crippen LogP contribution in [0.5, 0.6) is 5.75 Å². The summed E-state index contributed by atoms with van der Waals surface area (Å²) in [6.07, 6.45) is 3.41. The van der Waals surface area contributed by atoms with Crippen LogP contribution in [0.3, 0.4) is 0 Å². The molecule has 0 radical (unpaired) electrons. The molecule has 0 spiro atoms. The summed E-state index contributed by atoms with van der Waals surface area (Å²) < 4.78 is 0. The van der Waals surface area contributed by atoms with Crippen LogP contribution in [0, 0.1) is 0 Å². The van der Waals surface area contributed by atoms with Crippen LogP contribution in [0.2, 0.25) is 0 Å². The van der Waals surface area contributed by atoms with E-state index in [-0.39, 0.29) is 5.91 Å². The molecule has 2 aromatic carbocycles. The summed E-state index contributed by atoms with van der Waals surface area (Å²) in [4.78, 5) is 15.3. The van der Waals surface area contributed by atoms with Crippen LogP contribution < -0.4 is 5.73 Å². The Morgan fingerprint density at radius 2 is 1.66 bits per heavy atom. The fraction of sp³-hybridized carbons (Fsp3) is 0.375. The van der Waals surface area contributed by atoms with Gasteiger partial charge in [0.1, 0.15) is 5.75 Å². The smallest absolute Gasteiger partial charge is 0.231 e. The predicted octanol–water partition coefficient (Wildman–Crippen LogP) is 2.97. The lowest BCUT2D eigenvalue weighted by atomic mass is 10.0. The van der Waals surface area contributed by atoms with Crippen LogP contribution in [0.25, 0.3) is 0 Å². The number of phenolic OH excluding ortho intramolecular Hbond substituents is 1. The molecule has 29 heavy (non-hydrogen) atoms. The quantitative estimate of drug-likeness (QED) is 0.707. The molecule has 0 bridgehead atoms. The number of hydrogen-bond acceptors (Lipinski definition) is 4. The molecule has 0 atom stereocenters. The van der Waals surface area contributed by atoms with E-state index in [4.69, 9.17) is 5.73 Å². The van der Waals surface area contributed by atoms with Gasteiger partial charge in [0.05, 0.1) is 6.54 Å². The van der Waals surface area contributed by atoms with Gasteiger partial charge in [-0.2, -0.15) is 0 Å². The Bertz CT molecular complexity index is 769. The first kappa shape index (κ1) is 22.7. The number of piperazine rings is 1. The first-order valence-electron chi connectivity index (χ1n) is 10.2. The number of carbonyl (C=O) groups excluding carboxylic acids is 1. The molecular weight excluding hydrogens is 362 g/mol. The number of benzene rings is 2. The molecule has 5 nitrogen and oxygen atoms in total. The molecule has 5 heteroatoms. The first-order valence-corrected chi connectivity index (χ1v) is 10.2. The molecule has 0 saturated carbocycles. The molecule has 1 amide bonds. The molecule has 1 saturated heterocycles. The van der Waals surface area contributed by atoms with E-state index in [1.165, 1.54) is 5.56 Å². The SMILES string of the molecule is C=CCc1cccc(CC)c1O.NC(=O)CN1CCN(Cc2ccccc2)CC1. The Morgan fingerprint density at radius 3 is 2.24 bits per heavy atom. The summed E-state index contributed by atoms with van der Waals surface area (Å²) in [7, 11) is 0. The number of aromatic hydroxyl groups is 1. The van der Waals surface area contributed by atoms with Gasteiger partial charge in [0.25, 0.3) is 0 Å². The van der Waals surface area contributed by atoms with Crippen molar-refractivity contribution in [1.82, 2.24) is 9.80 Å². The first-order chi connectivity index (χ1) is 14.0. The maximum Gasteiger partial charge on any atom is 0.231 e. The van der Waals surface area contributed by atoms with E-state index in [0.29, 0.717) is 12.3 Å². The third-order valence-electron chi connectivity index (χ3n) is 5.04. The van der Waals surface area contributed by atoms with Crippen LogP contribution in [-0.4, -0.2) is 53.5 Å². The summed E-state index contributed by atoms with van der Waals surface area (Å²) in [5.74, 6) is 0.196. The lowest BCUT2D eigenvalue weighted by molar-refractivity contribution is -0.119. The second-order valence-electron chi connectivity index (χ2n) is 7.28. The number of nitrogens with two attached hydrogens (primary N) is 1. The van der Waals surface area contributed by atoms with Gasteiger partial charge in [0.15, 0.2) is 0 Å². The van der Waals surface area contributed by atoms with Crippen LogP contribution in [0.1, 0.15) is 23.6 Å². The van der Waals surface area contributed by atoms with Gasteiger partial charge >= 0.3 is 0 Å². The van der Waals surface area contributed by atoms with Crippen molar-refractivity contribution in [1.29, 1.82) is 0 Å². The Hall–Kier alpha value is -2.63. The van der Waals surface area contributed by atoms with E-state index in [2.05, 4.69) is 40.6 Å². The number of carbonyl (C=O) groups is 1. The van der Waals surface area contributed by atoms with Gasteiger partial charge in [-0.3, -0.25) is 14.6 Å². The maximum atomic E-state index is 10.8. The summed E-state index contributed by atoms with van der Waals surface area (Å²) >= 11 is 0. The third-order valence-corrected chi connectivity index (χ3v) is 5.04. The van der Waals surface area contributed by atoms with Gasteiger partial charge in [0, 0.05) is 32.7 Å². The molecule has 156 valence electrons. The molecule has 1 heterocycles. The van der Waals surface area contributed by atoms with Gasteiger partial charge in [-0.25, -0.2) is 0 Å². The highest BCUT2D eigenvalue weighted by molar-refractivity contribution is 5.75. The fourth-order valence-corrected chi connectivity index (χ4v) is 3.42. The number of amides is 1.